The molecule has 0 aliphatic carbocycles. The second-order valence-corrected chi connectivity index (χ2v) is 14.4. The molecule has 3 aliphatic rings. The van der Waals surface area contributed by atoms with Gasteiger partial charge in [0.25, 0.3) is 5.91 Å². The first-order chi connectivity index (χ1) is 21.1. The Labute approximate surface area is 264 Å². The number of amides is 3. The first-order valence-electron chi connectivity index (χ1n) is 15.2. The summed E-state index contributed by atoms with van der Waals surface area (Å²) in [5.41, 5.74) is 1.40. The number of para-hydroxylation sites is 1. The number of nitrogens with zero attached hydrogens (tertiary/aromatic N) is 3. The number of likely N-dealkylation sites (tertiary alicyclic amines) is 1. The van der Waals surface area contributed by atoms with Crippen molar-refractivity contribution in [1.82, 2.24) is 4.90 Å². The number of anilines is 2. The number of ether oxygens (including phenoxy) is 1. The quantitative estimate of drug-likeness (QED) is 0.340. The van der Waals surface area contributed by atoms with Crippen molar-refractivity contribution in [2.45, 2.75) is 55.2 Å². The minimum atomic E-state index is -0.865. The number of carbonyl (C=O) groups is 3. The fourth-order valence-corrected chi connectivity index (χ4v) is 9.92. The summed E-state index contributed by atoms with van der Waals surface area (Å²) in [6.07, 6.45) is 4.68. The zero-order valence-corrected chi connectivity index (χ0v) is 26.8. The number of methoxy groups -OCH3 is 1. The van der Waals surface area contributed by atoms with E-state index in [9.17, 15) is 19.5 Å². The summed E-state index contributed by atoms with van der Waals surface area (Å²) in [6, 6.07) is 15.2. The standard InChI is InChI=1S/C35H43N3O5S/c1-7-20-36(24-12-10-9-11-13-24)31(40)28-29-32(41)38(27(22-39)23(3)4)30(35(29)19-18-34(28,5)44-35)33(42)37(21-8-2)25-14-16-26(43-6)17-15-25/h7-17,23,27-30,39H,1-2,18-22H2,3-6H3/t27-,28+,29-,30?,34-,35?/m0/s1. The normalized spacial score (nSPS) is 27.6. The Morgan fingerprint density at radius 3 is 2.16 bits per heavy atom. The molecular formula is C35H43N3O5S. The molecule has 9 heteroatoms. The van der Waals surface area contributed by atoms with Crippen molar-refractivity contribution in [2.75, 3.05) is 36.6 Å². The molecule has 234 valence electrons. The lowest BCUT2D eigenvalue weighted by atomic mass is 9.66. The van der Waals surface area contributed by atoms with E-state index in [0.29, 0.717) is 30.8 Å². The van der Waals surface area contributed by atoms with Crippen LogP contribution in [-0.4, -0.2) is 76.1 Å². The zero-order valence-electron chi connectivity index (χ0n) is 26.0. The highest BCUT2D eigenvalue weighted by Crippen LogP contribution is 2.72. The van der Waals surface area contributed by atoms with Gasteiger partial charge in [0, 0.05) is 29.2 Å². The first kappa shape index (κ1) is 31.9. The van der Waals surface area contributed by atoms with Gasteiger partial charge in [-0.05, 0) is 62.1 Å². The van der Waals surface area contributed by atoms with Crippen LogP contribution in [0.3, 0.4) is 0 Å². The summed E-state index contributed by atoms with van der Waals surface area (Å²) >= 11 is 1.63. The molecule has 0 saturated carbocycles. The fraction of sp³-hybridized carbons (Fsp3) is 0.457. The largest absolute Gasteiger partial charge is 0.497 e. The van der Waals surface area contributed by atoms with E-state index in [1.807, 2.05) is 56.3 Å². The van der Waals surface area contributed by atoms with E-state index in [1.165, 1.54) is 0 Å². The van der Waals surface area contributed by atoms with Crippen LogP contribution in [0.2, 0.25) is 0 Å². The molecule has 3 heterocycles. The monoisotopic (exact) mass is 617 g/mol. The van der Waals surface area contributed by atoms with Crippen molar-refractivity contribution in [3.63, 3.8) is 0 Å². The number of hydrogen-bond donors (Lipinski definition) is 1. The highest BCUT2D eigenvalue weighted by molar-refractivity contribution is 8.02. The molecule has 1 spiro atoms. The smallest absolute Gasteiger partial charge is 0.251 e. The van der Waals surface area contributed by atoms with Gasteiger partial charge < -0.3 is 24.5 Å². The van der Waals surface area contributed by atoms with Crippen LogP contribution in [0.5, 0.6) is 5.75 Å². The first-order valence-corrected chi connectivity index (χ1v) is 16.1. The van der Waals surface area contributed by atoms with Crippen molar-refractivity contribution in [3.8, 4) is 5.75 Å². The second-order valence-electron chi connectivity index (χ2n) is 12.5. The molecule has 2 bridgehead atoms. The Morgan fingerprint density at radius 2 is 1.61 bits per heavy atom. The lowest BCUT2D eigenvalue weighted by molar-refractivity contribution is -0.143. The maximum absolute atomic E-state index is 14.9. The molecule has 5 rings (SSSR count). The third-order valence-electron chi connectivity index (χ3n) is 9.64. The van der Waals surface area contributed by atoms with Crippen molar-refractivity contribution in [1.29, 1.82) is 0 Å². The number of hydrogen-bond acceptors (Lipinski definition) is 6. The Kier molecular flexibility index (Phi) is 9.01. The number of benzene rings is 2. The summed E-state index contributed by atoms with van der Waals surface area (Å²) < 4.78 is 3.97. The van der Waals surface area contributed by atoms with Gasteiger partial charge in [-0.2, -0.15) is 0 Å². The van der Waals surface area contributed by atoms with Gasteiger partial charge in [0.2, 0.25) is 11.8 Å². The average Bonchev–Trinajstić information content (AvgIpc) is 3.59. The summed E-state index contributed by atoms with van der Waals surface area (Å²) in [7, 11) is 1.59. The predicted molar refractivity (Wildman–Crippen MR) is 176 cm³/mol. The topological polar surface area (TPSA) is 90.4 Å². The molecular weight excluding hydrogens is 574 g/mol. The van der Waals surface area contributed by atoms with E-state index in [4.69, 9.17) is 4.74 Å². The number of rotatable bonds is 12. The average molecular weight is 618 g/mol. The highest BCUT2D eigenvalue weighted by atomic mass is 32.2. The molecule has 0 radical (unpaired) electrons. The maximum Gasteiger partial charge on any atom is 0.251 e. The van der Waals surface area contributed by atoms with Gasteiger partial charge in [0.15, 0.2) is 0 Å². The van der Waals surface area contributed by atoms with E-state index < -0.39 is 33.4 Å². The van der Waals surface area contributed by atoms with Gasteiger partial charge in [-0.25, -0.2) is 0 Å². The van der Waals surface area contributed by atoms with Crippen LogP contribution in [-0.2, 0) is 14.4 Å². The van der Waals surface area contributed by atoms with E-state index >= 15 is 0 Å². The molecule has 8 nitrogen and oxygen atoms in total. The van der Waals surface area contributed by atoms with Crippen LogP contribution in [0.1, 0.15) is 33.6 Å². The summed E-state index contributed by atoms with van der Waals surface area (Å²) in [5, 5.41) is 10.6. The van der Waals surface area contributed by atoms with Gasteiger partial charge in [0.1, 0.15) is 11.8 Å². The lowest BCUT2D eigenvalue weighted by Crippen LogP contribution is -2.58. The molecule has 3 fully saturated rings. The SMILES string of the molecule is C=CCN(C(=O)C1N([C@@H](CO)C(C)C)C(=O)[C@@H]2[C@H](C(=O)N(CC=C)c3ccccc3)[C@]3(C)CCC12S3)c1ccc(OC)cc1. The maximum atomic E-state index is 14.9. The molecule has 3 saturated heterocycles. The van der Waals surface area contributed by atoms with E-state index in [-0.39, 0.29) is 36.8 Å². The van der Waals surface area contributed by atoms with Crippen LogP contribution in [0.4, 0.5) is 11.4 Å². The Morgan fingerprint density at radius 1 is 1.02 bits per heavy atom. The number of fused-ring (bicyclic) bond motifs is 1. The Balaban J connectivity index is 1.63. The number of thioether (sulfide) groups is 1. The third kappa shape index (κ3) is 5.04. The summed E-state index contributed by atoms with van der Waals surface area (Å²) in [6.45, 7) is 14.0. The van der Waals surface area contributed by atoms with E-state index in [2.05, 4.69) is 20.1 Å². The summed E-state index contributed by atoms with van der Waals surface area (Å²) in [4.78, 5) is 49.3. The minimum absolute atomic E-state index is 0.114. The Bertz CT molecular complexity index is 1420. The van der Waals surface area contributed by atoms with Crippen LogP contribution < -0.4 is 14.5 Å². The molecule has 6 atom stereocenters. The minimum Gasteiger partial charge on any atom is -0.497 e. The second kappa shape index (κ2) is 12.4. The van der Waals surface area contributed by atoms with Crippen LogP contribution in [0.15, 0.2) is 79.9 Å². The molecule has 2 aromatic rings. The number of carbonyl (C=O) groups excluding carboxylic acids is 3. The van der Waals surface area contributed by atoms with Crippen molar-refractivity contribution in [3.05, 3.63) is 79.9 Å². The fourth-order valence-electron chi connectivity index (χ4n) is 7.59. The van der Waals surface area contributed by atoms with Crippen molar-refractivity contribution < 1.29 is 24.2 Å². The van der Waals surface area contributed by atoms with Crippen molar-refractivity contribution >= 4 is 40.9 Å². The predicted octanol–water partition coefficient (Wildman–Crippen LogP) is 4.93. The highest BCUT2D eigenvalue weighted by Gasteiger charge is 2.78. The zero-order chi connectivity index (χ0) is 31.8. The van der Waals surface area contributed by atoms with Gasteiger partial charge in [0.05, 0.1) is 36.3 Å². The molecule has 2 aromatic carbocycles. The third-order valence-corrected chi connectivity index (χ3v) is 11.6. The van der Waals surface area contributed by atoms with E-state index in [0.717, 1.165) is 5.69 Å². The van der Waals surface area contributed by atoms with Crippen LogP contribution >= 0.6 is 11.8 Å². The van der Waals surface area contributed by atoms with Gasteiger partial charge >= 0.3 is 0 Å². The van der Waals surface area contributed by atoms with Gasteiger partial charge in [-0.15, -0.1) is 24.9 Å². The molecule has 3 aliphatic heterocycles. The van der Waals surface area contributed by atoms with Gasteiger partial charge in [-0.1, -0.05) is 44.2 Å². The molecule has 1 N–H and O–H groups in total. The Hall–Kier alpha value is -3.56. The lowest BCUT2D eigenvalue weighted by Gasteiger charge is -2.40. The number of aliphatic hydroxyl groups excluding tert-OH is 1. The molecule has 3 amide bonds. The van der Waals surface area contributed by atoms with E-state index in [1.54, 1.807) is 57.9 Å². The molecule has 0 aromatic heterocycles. The van der Waals surface area contributed by atoms with Crippen LogP contribution in [0.25, 0.3) is 0 Å². The molecule has 2 unspecified atom stereocenters. The van der Waals surface area contributed by atoms with Crippen molar-refractivity contribution in [2.24, 2.45) is 17.8 Å². The molecule has 44 heavy (non-hydrogen) atoms. The number of aliphatic hydroxyl groups is 1. The van der Waals surface area contributed by atoms with Crippen LogP contribution in [0, 0.1) is 17.8 Å². The van der Waals surface area contributed by atoms with Gasteiger partial charge in [-0.3, -0.25) is 14.4 Å². The summed E-state index contributed by atoms with van der Waals surface area (Å²) in [5.74, 6) is -1.41.